The van der Waals surface area contributed by atoms with E-state index in [1.165, 1.54) is 30.5 Å². The number of anilines is 2. The van der Waals surface area contributed by atoms with Gasteiger partial charge in [0.25, 0.3) is 0 Å². The van der Waals surface area contributed by atoms with Crippen molar-refractivity contribution in [1.82, 2.24) is 10.3 Å². The highest BCUT2D eigenvalue weighted by Gasteiger charge is 2.10. The number of rotatable bonds is 5. The van der Waals surface area contributed by atoms with Crippen LogP contribution in [0.2, 0.25) is 0 Å². The van der Waals surface area contributed by atoms with Crippen molar-refractivity contribution in [1.29, 1.82) is 0 Å². The molecule has 25 heavy (non-hydrogen) atoms. The zero-order chi connectivity index (χ0) is 17.5. The number of aromatic nitrogens is 1. The summed E-state index contributed by atoms with van der Waals surface area (Å²) in [6, 6.07) is 12.4. The van der Waals surface area contributed by atoms with Crippen LogP contribution >= 0.6 is 12.2 Å². The van der Waals surface area contributed by atoms with Crippen LogP contribution in [0.4, 0.5) is 11.5 Å². The molecular formula is C19H24N4OS. The number of thiocarbonyl (C=S) groups is 1. The molecule has 0 bridgehead atoms. The van der Waals surface area contributed by atoms with Crippen LogP contribution in [0.25, 0.3) is 0 Å². The molecule has 2 N–H and O–H groups in total. The van der Waals surface area contributed by atoms with Gasteiger partial charge in [0.15, 0.2) is 16.7 Å². The van der Waals surface area contributed by atoms with Gasteiger partial charge in [-0.15, -0.1) is 0 Å². The van der Waals surface area contributed by atoms with Crippen LogP contribution in [0.3, 0.4) is 0 Å². The summed E-state index contributed by atoms with van der Waals surface area (Å²) < 4.78 is 5.26. The molecule has 1 aliphatic heterocycles. The Labute approximate surface area is 154 Å². The maximum Gasteiger partial charge on any atom is 0.174 e. The van der Waals surface area contributed by atoms with Crippen molar-refractivity contribution in [2.45, 2.75) is 25.8 Å². The van der Waals surface area contributed by atoms with Gasteiger partial charge in [0.2, 0.25) is 0 Å². The van der Waals surface area contributed by atoms with Crippen molar-refractivity contribution in [3.63, 3.8) is 0 Å². The molecular weight excluding hydrogens is 332 g/mol. The number of pyridine rings is 1. The number of benzene rings is 1. The average Bonchev–Trinajstić information content (AvgIpc) is 2.68. The molecule has 2 heterocycles. The molecule has 0 atom stereocenters. The summed E-state index contributed by atoms with van der Waals surface area (Å²) in [4.78, 5) is 6.70. The van der Waals surface area contributed by atoms with Crippen molar-refractivity contribution < 1.29 is 4.74 Å². The molecule has 0 amide bonds. The zero-order valence-corrected chi connectivity index (χ0v) is 15.3. The molecule has 1 aromatic carbocycles. The van der Waals surface area contributed by atoms with Gasteiger partial charge in [0, 0.05) is 31.5 Å². The molecule has 1 saturated heterocycles. The Morgan fingerprint density at radius 1 is 1.16 bits per heavy atom. The minimum absolute atomic E-state index is 0.525. The lowest BCUT2D eigenvalue weighted by molar-refractivity contribution is 0.415. The van der Waals surface area contributed by atoms with Gasteiger partial charge < -0.3 is 20.3 Å². The standard InChI is InChI=1S/C19H24N4OS/c1-24-17-6-5-11-20-18(17)22-19(25)21-14-15-7-9-16(10-8-15)23-12-3-2-4-13-23/h5-11H,2-4,12-14H2,1H3,(H2,20,21,22,25). The van der Waals surface area contributed by atoms with Crippen molar-refractivity contribution in [2.24, 2.45) is 0 Å². The first kappa shape index (κ1) is 17.5. The Kier molecular flexibility index (Phi) is 6.06. The van der Waals surface area contributed by atoms with Crippen LogP contribution in [0.1, 0.15) is 24.8 Å². The van der Waals surface area contributed by atoms with E-state index in [1.807, 2.05) is 12.1 Å². The highest BCUT2D eigenvalue weighted by Crippen LogP contribution is 2.21. The molecule has 0 radical (unpaired) electrons. The quantitative estimate of drug-likeness (QED) is 0.799. The summed E-state index contributed by atoms with van der Waals surface area (Å²) in [5, 5.41) is 6.80. The Morgan fingerprint density at radius 2 is 1.92 bits per heavy atom. The number of nitrogens with zero attached hydrogens (tertiary/aromatic N) is 2. The fourth-order valence-electron chi connectivity index (χ4n) is 2.96. The lowest BCUT2D eigenvalue weighted by atomic mass is 10.1. The van der Waals surface area contributed by atoms with Crippen LogP contribution in [0.5, 0.6) is 5.75 Å². The Hall–Kier alpha value is -2.34. The fourth-order valence-corrected chi connectivity index (χ4v) is 3.13. The third kappa shape index (κ3) is 4.82. The number of hydrogen-bond donors (Lipinski definition) is 2. The monoisotopic (exact) mass is 356 g/mol. The summed E-state index contributed by atoms with van der Waals surface area (Å²) in [7, 11) is 1.61. The summed E-state index contributed by atoms with van der Waals surface area (Å²) in [6.07, 6.45) is 5.64. The predicted molar refractivity (Wildman–Crippen MR) is 106 cm³/mol. The number of ether oxygens (including phenoxy) is 1. The second kappa shape index (κ2) is 8.67. The predicted octanol–water partition coefficient (Wildman–Crippen LogP) is 3.57. The molecule has 0 spiro atoms. The van der Waals surface area contributed by atoms with E-state index >= 15 is 0 Å². The second-order valence-corrected chi connectivity index (χ2v) is 6.48. The lowest BCUT2D eigenvalue weighted by Gasteiger charge is -2.28. The van der Waals surface area contributed by atoms with Crippen LogP contribution in [-0.4, -0.2) is 30.3 Å². The number of piperidine rings is 1. The molecule has 0 aliphatic carbocycles. The van der Waals surface area contributed by atoms with Gasteiger partial charge in [-0.1, -0.05) is 12.1 Å². The van der Waals surface area contributed by atoms with Crippen molar-refractivity contribution in [2.75, 3.05) is 30.4 Å². The van der Waals surface area contributed by atoms with Crippen LogP contribution in [0, 0.1) is 0 Å². The Bertz CT molecular complexity index is 699. The van der Waals surface area contributed by atoms with Crippen molar-refractivity contribution >= 4 is 28.8 Å². The summed E-state index contributed by atoms with van der Waals surface area (Å²) in [5.41, 5.74) is 2.50. The molecule has 6 heteroatoms. The number of methoxy groups -OCH3 is 1. The SMILES string of the molecule is COc1cccnc1NC(=S)NCc1ccc(N2CCCCC2)cc1. The Morgan fingerprint density at radius 3 is 2.64 bits per heavy atom. The maximum absolute atomic E-state index is 5.34. The van der Waals surface area contributed by atoms with Gasteiger partial charge in [0.1, 0.15) is 0 Å². The van der Waals surface area contributed by atoms with Crippen molar-refractivity contribution in [3.8, 4) is 5.75 Å². The highest BCUT2D eigenvalue weighted by molar-refractivity contribution is 7.80. The smallest absolute Gasteiger partial charge is 0.174 e. The van der Waals surface area contributed by atoms with Crippen LogP contribution < -0.4 is 20.3 Å². The summed E-state index contributed by atoms with van der Waals surface area (Å²) in [6.45, 7) is 3.00. The van der Waals surface area contributed by atoms with Gasteiger partial charge in [-0.25, -0.2) is 4.98 Å². The Balaban J connectivity index is 1.51. The van der Waals surface area contributed by atoms with E-state index in [9.17, 15) is 0 Å². The van der Waals surface area contributed by atoms with E-state index in [2.05, 4.69) is 44.8 Å². The molecule has 2 aromatic rings. The first-order chi connectivity index (χ1) is 12.3. The first-order valence-corrected chi connectivity index (χ1v) is 9.05. The highest BCUT2D eigenvalue weighted by atomic mass is 32.1. The van der Waals surface area contributed by atoms with Gasteiger partial charge in [-0.3, -0.25) is 0 Å². The van der Waals surface area contributed by atoms with E-state index in [1.54, 1.807) is 13.3 Å². The van der Waals surface area contributed by atoms with Crippen LogP contribution in [0.15, 0.2) is 42.6 Å². The zero-order valence-electron chi connectivity index (χ0n) is 14.5. The minimum atomic E-state index is 0.525. The van der Waals surface area contributed by atoms with Gasteiger partial charge in [0.05, 0.1) is 7.11 Å². The van der Waals surface area contributed by atoms with Gasteiger partial charge >= 0.3 is 0 Å². The molecule has 3 rings (SSSR count). The minimum Gasteiger partial charge on any atom is -0.493 e. The fraction of sp³-hybridized carbons (Fsp3) is 0.368. The average molecular weight is 356 g/mol. The third-order valence-corrected chi connectivity index (χ3v) is 4.58. The largest absolute Gasteiger partial charge is 0.493 e. The second-order valence-electron chi connectivity index (χ2n) is 6.08. The number of nitrogens with one attached hydrogen (secondary N) is 2. The molecule has 5 nitrogen and oxygen atoms in total. The molecule has 1 aromatic heterocycles. The van der Waals surface area contributed by atoms with E-state index in [4.69, 9.17) is 17.0 Å². The maximum atomic E-state index is 5.34. The topological polar surface area (TPSA) is 49.4 Å². The van der Waals surface area contributed by atoms with Gasteiger partial charge in [-0.05, 0) is 61.3 Å². The van der Waals surface area contributed by atoms with Crippen LogP contribution in [-0.2, 0) is 6.54 Å². The molecule has 0 saturated carbocycles. The van der Waals surface area contributed by atoms with E-state index in [0.29, 0.717) is 23.2 Å². The molecule has 1 aliphatic rings. The summed E-state index contributed by atoms with van der Waals surface area (Å²) in [5.74, 6) is 1.28. The summed E-state index contributed by atoms with van der Waals surface area (Å²) >= 11 is 5.34. The normalized spacial score (nSPS) is 14.0. The first-order valence-electron chi connectivity index (χ1n) is 8.64. The van der Waals surface area contributed by atoms with Crippen molar-refractivity contribution in [3.05, 3.63) is 48.2 Å². The molecule has 1 fully saturated rings. The molecule has 0 unspecified atom stereocenters. The molecule has 132 valence electrons. The van der Waals surface area contributed by atoms with E-state index in [0.717, 1.165) is 13.1 Å². The van der Waals surface area contributed by atoms with E-state index in [-0.39, 0.29) is 0 Å². The number of hydrogen-bond acceptors (Lipinski definition) is 4. The van der Waals surface area contributed by atoms with Gasteiger partial charge in [-0.2, -0.15) is 0 Å². The van der Waals surface area contributed by atoms with E-state index < -0.39 is 0 Å². The third-order valence-electron chi connectivity index (χ3n) is 4.33. The lowest BCUT2D eigenvalue weighted by Crippen LogP contribution is -2.29.